The van der Waals surface area contributed by atoms with Crippen LogP contribution in [0.2, 0.25) is 0 Å². The van der Waals surface area contributed by atoms with Crippen molar-refractivity contribution in [3.05, 3.63) is 89.0 Å². The molecule has 0 unspecified atom stereocenters. The maximum absolute atomic E-state index is 12.8. The Hall–Kier alpha value is -3.60. The molecule has 3 aromatic carbocycles. The number of anilines is 3. The highest BCUT2D eigenvalue weighted by molar-refractivity contribution is 6.07. The Balaban J connectivity index is 2.33. The molecule has 0 aromatic heterocycles. The van der Waals surface area contributed by atoms with Gasteiger partial charge in [-0.05, 0) is 58.4 Å². The Morgan fingerprint density at radius 1 is 0.600 bits per heavy atom. The van der Waals surface area contributed by atoms with Crippen LogP contribution in [0.1, 0.15) is 73.4 Å². The highest BCUT2D eigenvalue weighted by Gasteiger charge is 2.27. The molecule has 0 aliphatic rings. The molecule has 0 bridgehead atoms. The monoisotopic (exact) mass is 473 g/mol. The molecule has 0 heterocycles. The first kappa shape index (κ1) is 26.0. The summed E-state index contributed by atoms with van der Waals surface area (Å²) >= 11 is 0. The van der Waals surface area contributed by atoms with E-state index < -0.39 is 11.9 Å². The molecule has 5 heteroatoms. The lowest BCUT2D eigenvalue weighted by Gasteiger charge is -2.30. The van der Waals surface area contributed by atoms with Crippen LogP contribution in [0.25, 0.3) is 0 Å². The normalized spacial score (nSPS) is 11.7. The van der Waals surface area contributed by atoms with Gasteiger partial charge in [-0.15, -0.1) is 0 Å². The summed E-state index contributed by atoms with van der Waals surface area (Å²) in [6, 6.07) is 21.3. The Kier molecular flexibility index (Phi) is 7.39. The summed E-state index contributed by atoms with van der Waals surface area (Å²) in [4.78, 5) is 27.6. The number of carbonyl (C=O) groups is 2. The number of para-hydroxylation sites is 1. The maximum Gasteiger partial charge on any atom is 0.340 e. The largest absolute Gasteiger partial charge is 0.465 e. The van der Waals surface area contributed by atoms with Crippen LogP contribution in [0.4, 0.5) is 17.1 Å². The van der Waals surface area contributed by atoms with Gasteiger partial charge in [0.15, 0.2) is 0 Å². The molecule has 0 aliphatic carbocycles. The molecule has 184 valence electrons. The van der Waals surface area contributed by atoms with Gasteiger partial charge in [0.1, 0.15) is 0 Å². The minimum atomic E-state index is -0.534. The summed E-state index contributed by atoms with van der Waals surface area (Å²) in [5, 5.41) is 0. The first-order valence-corrected chi connectivity index (χ1v) is 11.7. The SMILES string of the molecule is COC(=O)c1cccc(C(=O)OC)c1N(c1ccc(C(C)(C)C)cc1)c1ccc(C(C)(C)C)cc1. The molecule has 0 atom stereocenters. The Bertz CT molecular complexity index is 1110. The van der Waals surface area contributed by atoms with Crippen molar-refractivity contribution in [3.8, 4) is 0 Å². The predicted molar refractivity (Wildman–Crippen MR) is 141 cm³/mol. The summed E-state index contributed by atoms with van der Waals surface area (Å²) in [6.45, 7) is 13.0. The van der Waals surface area contributed by atoms with Crippen LogP contribution in [-0.4, -0.2) is 26.2 Å². The molecule has 0 saturated heterocycles. The van der Waals surface area contributed by atoms with E-state index in [4.69, 9.17) is 9.47 Å². The molecule has 35 heavy (non-hydrogen) atoms. The van der Waals surface area contributed by atoms with Crippen molar-refractivity contribution in [2.45, 2.75) is 52.4 Å². The van der Waals surface area contributed by atoms with Crippen LogP contribution < -0.4 is 4.90 Å². The fraction of sp³-hybridized carbons (Fsp3) is 0.333. The average molecular weight is 474 g/mol. The predicted octanol–water partition coefficient (Wildman–Crippen LogP) is 7.32. The van der Waals surface area contributed by atoms with Crippen molar-refractivity contribution >= 4 is 29.0 Å². The first-order chi connectivity index (χ1) is 16.4. The van der Waals surface area contributed by atoms with E-state index in [1.807, 2.05) is 29.2 Å². The number of methoxy groups -OCH3 is 2. The molecule has 0 amide bonds. The number of benzene rings is 3. The van der Waals surface area contributed by atoms with E-state index in [1.165, 1.54) is 25.3 Å². The Morgan fingerprint density at radius 2 is 0.943 bits per heavy atom. The minimum Gasteiger partial charge on any atom is -0.465 e. The van der Waals surface area contributed by atoms with Crippen molar-refractivity contribution in [1.82, 2.24) is 0 Å². The second kappa shape index (κ2) is 9.95. The molecule has 0 fully saturated rings. The molecule has 0 spiro atoms. The Labute approximate surface area is 208 Å². The van der Waals surface area contributed by atoms with Gasteiger partial charge in [-0.25, -0.2) is 9.59 Å². The molecule has 3 aromatic rings. The van der Waals surface area contributed by atoms with Gasteiger partial charge in [-0.3, -0.25) is 0 Å². The van der Waals surface area contributed by atoms with Crippen molar-refractivity contribution in [3.63, 3.8) is 0 Å². The van der Waals surface area contributed by atoms with E-state index in [0.717, 1.165) is 11.4 Å². The zero-order chi connectivity index (χ0) is 26.0. The van der Waals surface area contributed by atoms with Gasteiger partial charge in [0.05, 0.1) is 31.0 Å². The summed E-state index contributed by atoms with van der Waals surface area (Å²) in [6.07, 6.45) is 0. The molecule has 3 rings (SSSR count). The van der Waals surface area contributed by atoms with Crippen LogP contribution in [0.15, 0.2) is 66.7 Å². The van der Waals surface area contributed by atoms with Crippen molar-refractivity contribution in [1.29, 1.82) is 0 Å². The molecule has 0 aliphatic heterocycles. The van der Waals surface area contributed by atoms with Gasteiger partial charge < -0.3 is 14.4 Å². The number of esters is 2. The zero-order valence-corrected chi connectivity index (χ0v) is 21.9. The van der Waals surface area contributed by atoms with Crippen molar-refractivity contribution < 1.29 is 19.1 Å². The van der Waals surface area contributed by atoms with E-state index in [0.29, 0.717) is 5.69 Å². The lowest BCUT2D eigenvalue weighted by molar-refractivity contribution is 0.0601. The molecule has 0 N–H and O–H groups in total. The van der Waals surface area contributed by atoms with Crippen molar-refractivity contribution in [2.24, 2.45) is 0 Å². The highest BCUT2D eigenvalue weighted by atomic mass is 16.5. The van der Waals surface area contributed by atoms with E-state index in [2.05, 4.69) is 65.8 Å². The van der Waals surface area contributed by atoms with Crippen LogP contribution >= 0.6 is 0 Å². The number of nitrogens with zero attached hydrogens (tertiary/aromatic N) is 1. The van der Waals surface area contributed by atoms with Crippen molar-refractivity contribution in [2.75, 3.05) is 19.1 Å². The van der Waals surface area contributed by atoms with Crippen LogP contribution in [0.3, 0.4) is 0 Å². The van der Waals surface area contributed by atoms with Gasteiger partial charge >= 0.3 is 11.9 Å². The smallest absolute Gasteiger partial charge is 0.340 e. The number of ether oxygens (including phenoxy) is 2. The third-order valence-electron chi connectivity index (χ3n) is 6.05. The minimum absolute atomic E-state index is 0.0151. The van der Waals surface area contributed by atoms with E-state index >= 15 is 0 Å². The van der Waals surface area contributed by atoms with Gasteiger partial charge in [-0.1, -0.05) is 71.9 Å². The standard InChI is InChI=1S/C30H35NO4/c1-29(2,3)20-12-16-22(17-13-20)31(23-18-14-21(15-19-23)30(4,5)6)26-24(27(32)34-7)10-9-11-25(26)28(33)35-8/h9-19H,1-8H3. The van der Waals surface area contributed by atoms with E-state index in [1.54, 1.807) is 18.2 Å². The van der Waals surface area contributed by atoms with Crippen LogP contribution in [0.5, 0.6) is 0 Å². The maximum atomic E-state index is 12.8. The zero-order valence-electron chi connectivity index (χ0n) is 21.9. The fourth-order valence-electron chi connectivity index (χ4n) is 3.96. The summed E-state index contributed by atoms with van der Waals surface area (Å²) < 4.78 is 10.2. The highest BCUT2D eigenvalue weighted by Crippen LogP contribution is 2.41. The second-order valence-corrected chi connectivity index (χ2v) is 10.6. The van der Waals surface area contributed by atoms with Gasteiger partial charge in [0.25, 0.3) is 0 Å². The quantitative estimate of drug-likeness (QED) is 0.363. The number of rotatable bonds is 5. The Morgan fingerprint density at radius 3 is 1.23 bits per heavy atom. The fourth-order valence-corrected chi connectivity index (χ4v) is 3.96. The van der Waals surface area contributed by atoms with Crippen LogP contribution in [0, 0.1) is 0 Å². The van der Waals surface area contributed by atoms with E-state index in [-0.39, 0.29) is 22.0 Å². The van der Waals surface area contributed by atoms with E-state index in [9.17, 15) is 9.59 Å². The van der Waals surface area contributed by atoms with Gasteiger partial charge in [-0.2, -0.15) is 0 Å². The lowest BCUT2D eigenvalue weighted by atomic mass is 9.86. The molecule has 0 radical (unpaired) electrons. The topological polar surface area (TPSA) is 55.8 Å². The average Bonchev–Trinajstić information content (AvgIpc) is 2.83. The van der Waals surface area contributed by atoms with Crippen LogP contribution in [-0.2, 0) is 20.3 Å². The lowest BCUT2D eigenvalue weighted by Crippen LogP contribution is -2.20. The molecule has 5 nitrogen and oxygen atoms in total. The molecule has 0 saturated carbocycles. The number of hydrogen-bond acceptors (Lipinski definition) is 5. The van der Waals surface area contributed by atoms with Gasteiger partial charge in [0.2, 0.25) is 0 Å². The number of hydrogen-bond donors (Lipinski definition) is 0. The second-order valence-electron chi connectivity index (χ2n) is 10.6. The third kappa shape index (κ3) is 5.56. The molecular formula is C30H35NO4. The summed E-state index contributed by atoms with van der Waals surface area (Å²) in [5.41, 5.74) is 4.91. The molecular weight excluding hydrogens is 438 g/mol. The summed E-state index contributed by atoms with van der Waals surface area (Å²) in [7, 11) is 2.66. The summed E-state index contributed by atoms with van der Waals surface area (Å²) in [5.74, 6) is -1.07. The third-order valence-corrected chi connectivity index (χ3v) is 6.05. The van der Waals surface area contributed by atoms with Gasteiger partial charge in [0, 0.05) is 11.4 Å². The first-order valence-electron chi connectivity index (χ1n) is 11.7. The number of carbonyl (C=O) groups excluding carboxylic acids is 2.